The van der Waals surface area contributed by atoms with Crippen LogP contribution in [0.2, 0.25) is 0 Å². The van der Waals surface area contributed by atoms with Crippen LogP contribution in [0.5, 0.6) is 0 Å². The van der Waals surface area contributed by atoms with Gasteiger partial charge in [-0.25, -0.2) is 22.6 Å². The summed E-state index contributed by atoms with van der Waals surface area (Å²) in [7, 11) is -3.60. The van der Waals surface area contributed by atoms with E-state index in [1.807, 2.05) is 0 Å². The van der Waals surface area contributed by atoms with Crippen molar-refractivity contribution in [3.63, 3.8) is 0 Å². The highest BCUT2D eigenvalue weighted by Gasteiger charge is 2.13. The molecule has 0 spiro atoms. The minimum atomic E-state index is -3.60. The first-order valence-corrected chi connectivity index (χ1v) is 5.86. The number of aliphatic imine (C=N–C) groups is 1. The molecule has 15 heavy (non-hydrogen) atoms. The quantitative estimate of drug-likeness (QED) is 0.575. The van der Waals surface area contributed by atoms with E-state index in [1.54, 1.807) is 0 Å². The average molecular weight is 229 g/mol. The molecule has 0 amide bonds. The number of hydrogen-bond donors (Lipinski definition) is 0. The zero-order chi connectivity index (χ0) is 11.5. The average Bonchev–Trinajstić information content (AvgIpc) is 2.15. The molecule has 1 rings (SSSR count). The topological polar surface area (TPSA) is 63.6 Å². The van der Waals surface area contributed by atoms with Gasteiger partial charge in [-0.1, -0.05) is 6.07 Å². The Balaban J connectivity index is 3.23. The lowest BCUT2D eigenvalue weighted by molar-refractivity contribution is 0.562. The molecule has 0 atom stereocenters. The molecule has 0 radical (unpaired) electrons. The molecule has 0 saturated heterocycles. The maximum Gasteiger partial charge on any atom is 0.235 e. The summed E-state index contributed by atoms with van der Waals surface area (Å²) in [5, 5.41) is 0. The van der Waals surface area contributed by atoms with Gasteiger partial charge in [0, 0.05) is 6.26 Å². The highest BCUT2D eigenvalue weighted by molar-refractivity contribution is 7.90. The summed E-state index contributed by atoms with van der Waals surface area (Å²) in [5.74, 6) is -0.809. The second-order valence-electron chi connectivity index (χ2n) is 2.94. The molecular formula is C9H8FNO3S. The summed E-state index contributed by atoms with van der Waals surface area (Å²) >= 11 is 0. The molecule has 6 heteroatoms. The van der Waals surface area contributed by atoms with Gasteiger partial charge < -0.3 is 0 Å². The molecule has 80 valence electrons. The molecule has 0 fully saturated rings. The predicted octanol–water partition coefficient (Wildman–Crippen LogP) is 1.07. The van der Waals surface area contributed by atoms with Gasteiger partial charge >= 0.3 is 0 Å². The third-order valence-corrected chi connectivity index (χ3v) is 2.83. The minimum absolute atomic E-state index is 0.00764. The van der Waals surface area contributed by atoms with Crippen LogP contribution in [0.4, 0.5) is 4.39 Å². The Morgan fingerprint density at radius 3 is 2.67 bits per heavy atom. The molecule has 0 heterocycles. The van der Waals surface area contributed by atoms with E-state index in [0.29, 0.717) is 5.56 Å². The Bertz CT molecular complexity index is 518. The summed E-state index contributed by atoms with van der Waals surface area (Å²) in [6.07, 6.45) is 2.24. The van der Waals surface area contributed by atoms with Crippen LogP contribution >= 0.6 is 0 Å². The molecular weight excluding hydrogens is 221 g/mol. The molecule has 0 aliphatic carbocycles. The number of benzene rings is 1. The van der Waals surface area contributed by atoms with Gasteiger partial charge in [0.1, 0.15) is 10.7 Å². The van der Waals surface area contributed by atoms with E-state index < -0.39 is 15.7 Å². The van der Waals surface area contributed by atoms with Crippen molar-refractivity contribution < 1.29 is 17.6 Å². The van der Waals surface area contributed by atoms with Gasteiger partial charge in [-0.05, 0) is 17.7 Å². The summed E-state index contributed by atoms with van der Waals surface area (Å²) in [4.78, 5) is 12.7. The standard InChI is InChI=1S/C9H8FNO3S/c1-15(13,14)9-4-7(5-11-6-12)2-3-8(9)10/h2-4H,5H2,1H3. The van der Waals surface area contributed by atoms with Crippen molar-refractivity contribution in [2.75, 3.05) is 6.26 Å². The first-order valence-electron chi connectivity index (χ1n) is 3.97. The predicted molar refractivity (Wildman–Crippen MR) is 51.3 cm³/mol. The van der Waals surface area contributed by atoms with Crippen molar-refractivity contribution in [1.82, 2.24) is 0 Å². The monoisotopic (exact) mass is 229 g/mol. The van der Waals surface area contributed by atoms with Gasteiger partial charge in [-0.15, -0.1) is 0 Å². The second kappa shape index (κ2) is 4.33. The molecule has 1 aromatic rings. The number of sulfone groups is 1. The van der Waals surface area contributed by atoms with Crippen molar-refractivity contribution in [2.24, 2.45) is 4.99 Å². The highest BCUT2D eigenvalue weighted by atomic mass is 32.2. The highest BCUT2D eigenvalue weighted by Crippen LogP contribution is 2.16. The minimum Gasteiger partial charge on any atom is -0.224 e. The number of carbonyl (C=O) groups excluding carboxylic acids is 1. The normalized spacial score (nSPS) is 10.8. The van der Waals surface area contributed by atoms with E-state index in [1.165, 1.54) is 12.1 Å². The number of hydrogen-bond acceptors (Lipinski definition) is 4. The molecule has 0 bridgehead atoms. The summed E-state index contributed by atoms with van der Waals surface area (Å²) in [6, 6.07) is 3.56. The van der Waals surface area contributed by atoms with E-state index in [0.717, 1.165) is 18.4 Å². The number of halogens is 1. The van der Waals surface area contributed by atoms with Crippen LogP contribution in [0.1, 0.15) is 5.56 Å². The van der Waals surface area contributed by atoms with Gasteiger partial charge in [0.25, 0.3) is 0 Å². The van der Waals surface area contributed by atoms with Crippen LogP contribution in [0.15, 0.2) is 28.1 Å². The smallest absolute Gasteiger partial charge is 0.224 e. The van der Waals surface area contributed by atoms with E-state index in [-0.39, 0.29) is 11.4 Å². The van der Waals surface area contributed by atoms with Gasteiger partial charge in [-0.3, -0.25) is 0 Å². The number of isocyanates is 1. The molecule has 0 unspecified atom stereocenters. The molecule has 4 nitrogen and oxygen atoms in total. The molecule has 0 N–H and O–H groups in total. The van der Waals surface area contributed by atoms with Crippen molar-refractivity contribution in [2.45, 2.75) is 11.4 Å². The Morgan fingerprint density at radius 2 is 2.13 bits per heavy atom. The van der Waals surface area contributed by atoms with E-state index in [4.69, 9.17) is 0 Å². The van der Waals surface area contributed by atoms with Crippen molar-refractivity contribution >= 4 is 15.9 Å². The van der Waals surface area contributed by atoms with E-state index in [2.05, 4.69) is 4.99 Å². The Hall–Kier alpha value is -1.52. The van der Waals surface area contributed by atoms with E-state index >= 15 is 0 Å². The van der Waals surface area contributed by atoms with Crippen LogP contribution in [-0.2, 0) is 21.2 Å². The van der Waals surface area contributed by atoms with Crippen LogP contribution in [0, 0.1) is 5.82 Å². The van der Waals surface area contributed by atoms with Crippen molar-refractivity contribution in [3.8, 4) is 0 Å². The third kappa shape index (κ3) is 2.97. The third-order valence-electron chi connectivity index (χ3n) is 1.72. The zero-order valence-corrected chi connectivity index (χ0v) is 8.71. The molecule has 0 aliphatic rings. The van der Waals surface area contributed by atoms with Crippen LogP contribution in [0.25, 0.3) is 0 Å². The van der Waals surface area contributed by atoms with Gasteiger partial charge in [-0.2, -0.15) is 0 Å². The summed E-state index contributed by atoms with van der Waals surface area (Å²) < 4.78 is 35.4. The van der Waals surface area contributed by atoms with Crippen LogP contribution in [0.3, 0.4) is 0 Å². The Kier molecular flexibility index (Phi) is 3.34. The lowest BCUT2D eigenvalue weighted by Gasteiger charge is -2.02. The lowest BCUT2D eigenvalue weighted by atomic mass is 10.2. The first-order chi connectivity index (χ1) is 6.95. The van der Waals surface area contributed by atoms with Crippen LogP contribution < -0.4 is 0 Å². The van der Waals surface area contributed by atoms with Crippen molar-refractivity contribution in [3.05, 3.63) is 29.6 Å². The molecule has 0 saturated carbocycles. The maximum atomic E-state index is 13.1. The summed E-state index contributed by atoms with van der Waals surface area (Å²) in [5.41, 5.74) is 0.445. The largest absolute Gasteiger partial charge is 0.235 e. The lowest BCUT2D eigenvalue weighted by Crippen LogP contribution is -2.01. The second-order valence-corrected chi connectivity index (χ2v) is 4.93. The molecule has 0 aliphatic heterocycles. The van der Waals surface area contributed by atoms with Gasteiger partial charge in [0.15, 0.2) is 9.84 Å². The molecule has 1 aromatic carbocycles. The molecule has 0 aromatic heterocycles. The fraction of sp³-hybridized carbons (Fsp3) is 0.222. The fourth-order valence-electron chi connectivity index (χ4n) is 1.05. The van der Waals surface area contributed by atoms with Crippen molar-refractivity contribution in [1.29, 1.82) is 0 Å². The Morgan fingerprint density at radius 1 is 1.47 bits per heavy atom. The Labute approximate surface area is 86.4 Å². The zero-order valence-electron chi connectivity index (χ0n) is 7.90. The van der Waals surface area contributed by atoms with Gasteiger partial charge in [0.2, 0.25) is 6.08 Å². The fourth-order valence-corrected chi connectivity index (χ4v) is 1.84. The number of nitrogens with zero attached hydrogens (tertiary/aromatic N) is 1. The van der Waals surface area contributed by atoms with Gasteiger partial charge in [0.05, 0.1) is 6.54 Å². The van der Waals surface area contributed by atoms with Crippen LogP contribution in [-0.4, -0.2) is 20.8 Å². The SMILES string of the molecule is CS(=O)(=O)c1cc(CN=C=O)ccc1F. The van der Waals surface area contributed by atoms with E-state index in [9.17, 15) is 17.6 Å². The maximum absolute atomic E-state index is 13.1. The summed E-state index contributed by atoms with van der Waals surface area (Å²) in [6.45, 7) is -0.00764. The first kappa shape index (κ1) is 11.6. The number of rotatable bonds is 3.